The molecular weight excluding hydrogens is 408 g/mol. The number of carbonyl (C=O) groups excluding carboxylic acids is 1. The van der Waals surface area contributed by atoms with E-state index in [4.69, 9.17) is 11.6 Å². The molecule has 0 aliphatic carbocycles. The lowest BCUT2D eigenvalue weighted by molar-refractivity contribution is -0.424. The summed E-state index contributed by atoms with van der Waals surface area (Å²) in [5, 5.41) is 32.6. The number of nitrogens with zero attached hydrogens (tertiary/aromatic N) is 7. The molecule has 3 aromatic rings. The lowest BCUT2D eigenvalue weighted by Crippen LogP contribution is -2.21. The van der Waals surface area contributed by atoms with Crippen LogP contribution in [-0.2, 0) is 17.9 Å². The molecule has 1 amide bonds. The van der Waals surface area contributed by atoms with Crippen LogP contribution in [0.4, 0.5) is 17.5 Å². The van der Waals surface area contributed by atoms with Gasteiger partial charge in [-0.25, -0.2) is 9.67 Å². The molecular formula is C15H13ClN8O5. The van der Waals surface area contributed by atoms with E-state index in [1.54, 1.807) is 12.1 Å². The Bertz CT molecular complexity index is 1090. The van der Waals surface area contributed by atoms with Gasteiger partial charge in [0.2, 0.25) is 5.95 Å². The highest BCUT2D eigenvalue weighted by Crippen LogP contribution is 2.29. The van der Waals surface area contributed by atoms with E-state index >= 15 is 0 Å². The van der Waals surface area contributed by atoms with Gasteiger partial charge in [0.25, 0.3) is 5.91 Å². The SMILES string of the molecule is Cc1c([N+](=O)[O-])c([N+](=O)[O-])nn1CC(=O)Nc1ncn(Cc2ccc(Cl)cc2)n1. The van der Waals surface area contributed by atoms with Crippen molar-refractivity contribution < 1.29 is 14.6 Å². The number of carbonyl (C=O) groups is 1. The van der Waals surface area contributed by atoms with E-state index in [0.717, 1.165) is 10.2 Å². The Morgan fingerprint density at radius 2 is 1.86 bits per heavy atom. The average molecular weight is 421 g/mol. The summed E-state index contributed by atoms with van der Waals surface area (Å²) in [5.74, 6) is -1.56. The Kier molecular flexibility index (Phi) is 5.50. The summed E-state index contributed by atoms with van der Waals surface area (Å²) < 4.78 is 2.38. The summed E-state index contributed by atoms with van der Waals surface area (Å²) in [5.41, 5.74) is 0.0511. The van der Waals surface area contributed by atoms with Crippen molar-refractivity contribution in [2.75, 3.05) is 5.32 Å². The van der Waals surface area contributed by atoms with Crippen molar-refractivity contribution >= 4 is 35.0 Å². The van der Waals surface area contributed by atoms with Crippen LogP contribution in [-0.4, -0.2) is 40.3 Å². The Labute approximate surface area is 167 Å². The molecule has 1 N–H and O–H groups in total. The molecule has 2 aromatic heterocycles. The summed E-state index contributed by atoms with van der Waals surface area (Å²) in [6.07, 6.45) is 1.42. The number of nitrogens with one attached hydrogen (secondary N) is 1. The van der Waals surface area contributed by atoms with Gasteiger partial charge in [-0.15, -0.1) is 5.10 Å². The van der Waals surface area contributed by atoms with Crippen molar-refractivity contribution in [3.63, 3.8) is 0 Å². The van der Waals surface area contributed by atoms with Gasteiger partial charge in [-0.2, -0.15) is 4.68 Å². The zero-order chi connectivity index (χ0) is 21.1. The van der Waals surface area contributed by atoms with Gasteiger partial charge in [-0.1, -0.05) is 23.7 Å². The van der Waals surface area contributed by atoms with Gasteiger partial charge in [-0.05, 0) is 29.5 Å². The van der Waals surface area contributed by atoms with E-state index in [0.29, 0.717) is 11.6 Å². The zero-order valence-corrected chi connectivity index (χ0v) is 15.6. The van der Waals surface area contributed by atoms with Crippen LogP contribution in [0.25, 0.3) is 0 Å². The predicted molar refractivity (Wildman–Crippen MR) is 99.5 cm³/mol. The highest BCUT2D eigenvalue weighted by Gasteiger charge is 2.35. The minimum absolute atomic E-state index is 0.0118. The van der Waals surface area contributed by atoms with Crippen molar-refractivity contribution in [2.45, 2.75) is 20.0 Å². The summed E-state index contributed by atoms with van der Waals surface area (Å²) in [4.78, 5) is 36.2. The minimum atomic E-state index is -0.973. The fourth-order valence-corrected chi connectivity index (χ4v) is 2.64. The molecule has 0 aliphatic heterocycles. The van der Waals surface area contributed by atoms with Crippen LogP contribution in [0.5, 0.6) is 0 Å². The van der Waals surface area contributed by atoms with Crippen LogP contribution >= 0.6 is 11.6 Å². The number of nitro groups is 2. The Morgan fingerprint density at radius 3 is 2.45 bits per heavy atom. The number of halogens is 1. The highest BCUT2D eigenvalue weighted by atomic mass is 35.5. The zero-order valence-electron chi connectivity index (χ0n) is 14.9. The molecule has 2 heterocycles. The fraction of sp³-hybridized carbons (Fsp3) is 0.200. The number of anilines is 1. The third kappa shape index (κ3) is 4.52. The summed E-state index contributed by atoms with van der Waals surface area (Å²) in [6.45, 7) is 1.19. The summed E-state index contributed by atoms with van der Waals surface area (Å²) in [6, 6.07) is 7.12. The van der Waals surface area contributed by atoms with Gasteiger partial charge >= 0.3 is 11.5 Å². The van der Waals surface area contributed by atoms with Crippen LogP contribution in [0.3, 0.4) is 0 Å². The van der Waals surface area contributed by atoms with Crippen molar-refractivity contribution in [3.8, 4) is 0 Å². The van der Waals surface area contributed by atoms with Crippen LogP contribution in [0, 0.1) is 27.2 Å². The molecule has 29 heavy (non-hydrogen) atoms. The normalized spacial score (nSPS) is 10.7. The molecule has 0 spiro atoms. The molecule has 150 valence electrons. The average Bonchev–Trinajstić information content (AvgIpc) is 3.21. The van der Waals surface area contributed by atoms with E-state index < -0.39 is 33.8 Å². The number of rotatable bonds is 7. The van der Waals surface area contributed by atoms with Crippen LogP contribution in [0.2, 0.25) is 5.02 Å². The maximum absolute atomic E-state index is 12.2. The minimum Gasteiger partial charge on any atom is -0.358 e. The predicted octanol–water partition coefficient (Wildman–Crippen LogP) is 1.94. The molecule has 3 rings (SSSR count). The second-order valence-corrected chi connectivity index (χ2v) is 6.31. The van der Waals surface area contributed by atoms with Crippen molar-refractivity contribution in [1.82, 2.24) is 24.5 Å². The van der Waals surface area contributed by atoms with E-state index in [1.807, 2.05) is 12.1 Å². The van der Waals surface area contributed by atoms with Crippen molar-refractivity contribution in [3.05, 3.63) is 67.1 Å². The molecule has 0 bridgehead atoms. The first-order valence-corrected chi connectivity index (χ1v) is 8.42. The molecule has 0 unspecified atom stereocenters. The smallest absolute Gasteiger partial charge is 0.358 e. The second-order valence-electron chi connectivity index (χ2n) is 5.87. The summed E-state index contributed by atoms with van der Waals surface area (Å²) >= 11 is 5.84. The first kappa shape index (κ1) is 19.9. The van der Waals surface area contributed by atoms with Gasteiger partial charge in [0.1, 0.15) is 18.6 Å². The number of benzene rings is 1. The topological polar surface area (TPSA) is 164 Å². The Hall–Kier alpha value is -3.87. The lowest BCUT2D eigenvalue weighted by Gasteiger charge is -2.02. The molecule has 0 fully saturated rings. The number of hydrogen-bond donors (Lipinski definition) is 1. The van der Waals surface area contributed by atoms with E-state index in [-0.39, 0.29) is 11.6 Å². The quantitative estimate of drug-likeness (QED) is 0.447. The number of amides is 1. The largest absolute Gasteiger partial charge is 0.468 e. The van der Waals surface area contributed by atoms with Gasteiger partial charge < -0.3 is 10.1 Å². The van der Waals surface area contributed by atoms with Crippen LogP contribution in [0.1, 0.15) is 11.3 Å². The van der Waals surface area contributed by atoms with E-state index in [1.165, 1.54) is 17.9 Å². The Balaban J connectivity index is 1.68. The van der Waals surface area contributed by atoms with Gasteiger partial charge in [-0.3, -0.25) is 20.2 Å². The molecule has 0 saturated carbocycles. The third-order valence-electron chi connectivity index (χ3n) is 3.85. The molecule has 14 heteroatoms. The van der Waals surface area contributed by atoms with Crippen molar-refractivity contribution in [1.29, 1.82) is 0 Å². The molecule has 0 radical (unpaired) electrons. The van der Waals surface area contributed by atoms with Crippen LogP contribution < -0.4 is 5.32 Å². The maximum atomic E-state index is 12.2. The maximum Gasteiger partial charge on any atom is 0.468 e. The molecule has 1 aromatic carbocycles. The molecule has 0 aliphatic rings. The van der Waals surface area contributed by atoms with Gasteiger partial charge in [0.05, 0.1) is 16.6 Å². The fourth-order valence-electron chi connectivity index (χ4n) is 2.52. The van der Waals surface area contributed by atoms with E-state index in [9.17, 15) is 25.0 Å². The third-order valence-corrected chi connectivity index (χ3v) is 4.10. The van der Waals surface area contributed by atoms with Gasteiger partial charge in [0.15, 0.2) is 0 Å². The van der Waals surface area contributed by atoms with Gasteiger partial charge in [0, 0.05) is 5.02 Å². The second kappa shape index (κ2) is 8.02. The number of aromatic nitrogens is 5. The monoisotopic (exact) mass is 420 g/mol. The van der Waals surface area contributed by atoms with Crippen LogP contribution in [0.15, 0.2) is 30.6 Å². The summed E-state index contributed by atoms with van der Waals surface area (Å²) in [7, 11) is 0. The molecule has 13 nitrogen and oxygen atoms in total. The Morgan fingerprint density at radius 1 is 1.17 bits per heavy atom. The highest BCUT2D eigenvalue weighted by molar-refractivity contribution is 6.30. The first-order chi connectivity index (χ1) is 13.7. The standard InChI is InChI=1S/C15H13ClN8O5/c1-9-13(23(26)27)14(24(28)29)19-22(9)7-12(25)18-15-17-8-21(20-15)6-10-2-4-11(16)5-3-10/h2-5,8H,6-7H2,1H3,(H,18,20,25). The van der Waals surface area contributed by atoms with E-state index in [2.05, 4.69) is 20.5 Å². The number of hydrogen-bond acceptors (Lipinski definition) is 8. The molecule has 0 saturated heterocycles. The lowest BCUT2D eigenvalue weighted by atomic mass is 10.2. The van der Waals surface area contributed by atoms with Crippen molar-refractivity contribution in [2.24, 2.45) is 0 Å². The first-order valence-electron chi connectivity index (χ1n) is 8.04. The molecule has 0 atom stereocenters.